The smallest absolute Gasteiger partial charge is 0.0326 e. The molecule has 25 heavy (non-hydrogen) atoms. The zero-order valence-electron chi connectivity index (χ0n) is 16.1. The lowest BCUT2D eigenvalue weighted by Gasteiger charge is -2.62. The van der Waals surface area contributed by atoms with Gasteiger partial charge in [0.1, 0.15) is 0 Å². The summed E-state index contributed by atoms with van der Waals surface area (Å²) in [7, 11) is 3.03. The highest BCUT2D eigenvalue weighted by Gasteiger charge is 2.56. The molecule has 1 heteroatoms. The molecule has 8 fully saturated rings. The highest BCUT2D eigenvalue weighted by molar-refractivity contribution is 7.16. The van der Waals surface area contributed by atoms with Crippen LogP contribution in [-0.2, 0) is 0 Å². The van der Waals surface area contributed by atoms with Gasteiger partial charge < -0.3 is 0 Å². The van der Waals surface area contributed by atoms with Crippen LogP contribution in [0, 0.1) is 65.1 Å². The van der Waals surface area contributed by atoms with Crippen molar-refractivity contribution in [2.24, 2.45) is 65.1 Å². The molecule has 0 aromatic heterocycles. The Hall–Kier alpha value is 0.430. The first-order valence-corrected chi connectivity index (χ1v) is 12.8. The van der Waals surface area contributed by atoms with Crippen LogP contribution in [0.4, 0.5) is 0 Å². The molecule has 8 bridgehead atoms. The largest absolute Gasteiger partial charge is 0.138 e. The Kier molecular flexibility index (Phi) is 4.08. The minimum Gasteiger partial charge on any atom is -0.138 e. The lowest BCUT2D eigenvalue weighted by molar-refractivity contribution is -0.125. The van der Waals surface area contributed by atoms with Crippen molar-refractivity contribution in [3.8, 4) is 0 Å². The molecule has 0 aliphatic heterocycles. The van der Waals surface area contributed by atoms with Crippen LogP contribution in [0.15, 0.2) is 0 Å². The van der Waals surface area contributed by atoms with E-state index < -0.39 is 0 Å². The van der Waals surface area contributed by atoms with Crippen molar-refractivity contribution >= 4 is 9.24 Å². The third-order valence-corrected chi connectivity index (χ3v) is 10.7. The Bertz CT molecular complexity index is 412. The monoisotopic (exact) mass is 358 g/mol. The molecule has 0 spiro atoms. The quantitative estimate of drug-likeness (QED) is 0.499. The third-order valence-electron chi connectivity index (χ3n) is 10.3. The molecule has 0 saturated heterocycles. The van der Waals surface area contributed by atoms with Gasteiger partial charge in [0.15, 0.2) is 0 Å². The van der Waals surface area contributed by atoms with Gasteiger partial charge in [-0.1, -0.05) is 0 Å². The van der Waals surface area contributed by atoms with Gasteiger partial charge in [-0.2, -0.15) is 0 Å². The molecule has 0 nitrogen and oxygen atoms in total. The van der Waals surface area contributed by atoms with Gasteiger partial charge in [0.2, 0.25) is 0 Å². The topological polar surface area (TPSA) is 0 Å². The van der Waals surface area contributed by atoms with Crippen LogP contribution in [0.2, 0.25) is 0 Å². The van der Waals surface area contributed by atoms with Gasteiger partial charge in [-0.3, -0.25) is 0 Å². The maximum absolute atomic E-state index is 3.03. The van der Waals surface area contributed by atoms with Crippen LogP contribution in [0.5, 0.6) is 0 Å². The van der Waals surface area contributed by atoms with E-state index in [1.165, 1.54) is 12.6 Å². The molecular weight excluding hydrogens is 319 g/mol. The molecule has 8 aliphatic carbocycles. The van der Waals surface area contributed by atoms with E-state index >= 15 is 0 Å². The summed E-state index contributed by atoms with van der Waals surface area (Å²) in [6, 6.07) is 0. The van der Waals surface area contributed by atoms with Gasteiger partial charge >= 0.3 is 0 Å². The summed E-state index contributed by atoms with van der Waals surface area (Å²) in [6.07, 6.45) is 20.8. The van der Waals surface area contributed by atoms with Crippen molar-refractivity contribution < 1.29 is 0 Å². The van der Waals surface area contributed by atoms with Crippen LogP contribution in [0.1, 0.15) is 77.0 Å². The Morgan fingerprint density at radius 2 is 0.920 bits per heavy atom. The molecule has 0 aromatic carbocycles. The van der Waals surface area contributed by atoms with Crippen molar-refractivity contribution in [1.29, 1.82) is 0 Å². The standard InChI is InChI=1S/C24H39P/c25-3-1-2-22(23-18-6-14-4-15(8-18)9-19(23)7-14)24-20-10-16-5-17(12-20)13-21(24)11-16/h14-24H,1-13,25H2. The molecule has 0 heterocycles. The second-order valence-electron chi connectivity index (χ2n) is 11.6. The zero-order valence-corrected chi connectivity index (χ0v) is 17.3. The average Bonchev–Trinajstić information content (AvgIpc) is 2.57. The molecule has 140 valence electrons. The zero-order chi connectivity index (χ0) is 16.5. The first kappa shape index (κ1) is 16.4. The normalized spacial score (nSPS) is 56.5. The van der Waals surface area contributed by atoms with Crippen molar-refractivity contribution in [3.63, 3.8) is 0 Å². The molecule has 0 amide bonds. The molecule has 8 aliphatic rings. The summed E-state index contributed by atoms with van der Waals surface area (Å²) in [5.41, 5.74) is 0. The first-order chi connectivity index (χ1) is 12.3. The van der Waals surface area contributed by atoms with Crippen molar-refractivity contribution in [1.82, 2.24) is 0 Å². The van der Waals surface area contributed by atoms with E-state index in [9.17, 15) is 0 Å². The predicted molar refractivity (Wildman–Crippen MR) is 108 cm³/mol. The van der Waals surface area contributed by atoms with Gasteiger partial charge in [-0.15, -0.1) is 9.24 Å². The number of rotatable bonds is 5. The van der Waals surface area contributed by atoms with Crippen LogP contribution < -0.4 is 0 Å². The third kappa shape index (κ3) is 2.62. The van der Waals surface area contributed by atoms with E-state index in [4.69, 9.17) is 0 Å². The molecule has 8 rings (SSSR count). The van der Waals surface area contributed by atoms with E-state index in [0.29, 0.717) is 0 Å². The number of hydrogen-bond acceptors (Lipinski definition) is 0. The summed E-state index contributed by atoms with van der Waals surface area (Å²) in [5.74, 6) is 12.7. The molecule has 0 N–H and O–H groups in total. The molecule has 0 aromatic rings. The summed E-state index contributed by atoms with van der Waals surface area (Å²) in [5, 5.41) is 0. The van der Waals surface area contributed by atoms with Gasteiger partial charge in [0.25, 0.3) is 0 Å². The molecule has 1 atom stereocenters. The minimum atomic E-state index is 1.13. The average molecular weight is 359 g/mol. The van der Waals surface area contributed by atoms with Crippen LogP contribution >= 0.6 is 9.24 Å². The predicted octanol–water partition coefficient (Wildman–Crippen LogP) is 6.40. The van der Waals surface area contributed by atoms with E-state index in [0.717, 1.165) is 65.1 Å². The Labute approximate surface area is 157 Å². The fourth-order valence-corrected chi connectivity index (χ4v) is 10.6. The number of hydrogen-bond donors (Lipinski definition) is 0. The fraction of sp³-hybridized carbons (Fsp3) is 1.00. The molecule has 8 saturated carbocycles. The molecule has 1 unspecified atom stereocenters. The highest BCUT2D eigenvalue weighted by Crippen LogP contribution is 2.65. The Morgan fingerprint density at radius 3 is 1.24 bits per heavy atom. The molecule has 0 radical (unpaired) electrons. The second kappa shape index (κ2) is 6.22. The summed E-state index contributed by atoms with van der Waals surface area (Å²) in [6.45, 7) is 0. The van der Waals surface area contributed by atoms with Crippen LogP contribution in [-0.4, -0.2) is 6.16 Å². The van der Waals surface area contributed by atoms with Gasteiger partial charge in [-0.05, 0) is 148 Å². The van der Waals surface area contributed by atoms with Crippen molar-refractivity contribution in [2.75, 3.05) is 6.16 Å². The Balaban J connectivity index is 1.30. The fourth-order valence-electron chi connectivity index (χ4n) is 10.3. The lowest BCUT2D eigenvalue weighted by Crippen LogP contribution is -2.54. The van der Waals surface area contributed by atoms with Gasteiger partial charge in [0.05, 0.1) is 0 Å². The summed E-state index contributed by atoms with van der Waals surface area (Å²) < 4.78 is 0. The van der Waals surface area contributed by atoms with E-state index in [-0.39, 0.29) is 0 Å². The minimum absolute atomic E-state index is 1.13. The Morgan fingerprint density at radius 1 is 0.560 bits per heavy atom. The van der Waals surface area contributed by atoms with Gasteiger partial charge in [0, 0.05) is 0 Å². The van der Waals surface area contributed by atoms with E-state index in [2.05, 4.69) is 9.24 Å². The lowest BCUT2D eigenvalue weighted by atomic mass is 9.43. The summed E-state index contributed by atoms with van der Waals surface area (Å²) in [4.78, 5) is 0. The van der Waals surface area contributed by atoms with Crippen molar-refractivity contribution in [3.05, 3.63) is 0 Å². The second-order valence-corrected chi connectivity index (χ2v) is 12.2. The van der Waals surface area contributed by atoms with E-state index in [1.54, 1.807) is 70.6 Å². The SMILES string of the molecule is PCCCC(C1C2CC3CC(C2)CC1C3)C1C2CC3CC(C2)CC1C3. The van der Waals surface area contributed by atoms with Gasteiger partial charge in [-0.25, -0.2) is 0 Å². The van der Waals surface area contributed by atoms with Crippen molar-refractivity contribution in [2.45, 2.75) is 77.0 Å². The van der Waals surface area contributed by atoms with Crippen LogP contribution in [0.25, 0.3) is 0 Å². The maximum atomic E-state index is 3.03. The maximum Gasteiger partial charge on any atom is -0.0326 e. The first-order valence-electron chi connectivity index (χ1n) is 12.0. The molecular formula is C24H39P. The highest BCUT2D eigenvalue weighted by atomic mass is 31.0. The van der Waals surface area contributed by atoms with Crippen LogP contribution in [0.3, 0.4) is 0 Å². The summed E-state index contributed by atoms with van der Waals surface area (Å²) >= 11 is 0. The van der Waals surface area contributed by atoms with E-state index in [1.807, 2.05) is 0 Å².